The van der Waals surface area contributed by atoms with Crippen LogP contribution in [0.4, 0.5) is 5.82 Å². The molecule has 2 atom stereocenters. The first-order chi connectivity index (χ1) is 18.1. The lowest BCUT2D eigenvalue weighted by atomic mass is 9.79. The zero-order chi connectivity index (χ0) is 25.4. The van der Waals surface area contributed by atoms with E-state index in [4.69, 9.17) is 20.9 Å². The molecule has 9 nitrogen and oxygen atoms in total. The Morgan fingerprint density at radius 2 is 2.05 bits per heavy atom. The van der Waals surface area contributed by atoms with Crippen molar-refractivity contribution in [3.8, 4) is 16.9 Å². The van der Waals surface area contributed by atoms with Crippen molar-refractivity contribution in [1.82, 2.24) is 19.4 Å². The topological polar surface area (TPSA) is 122 Å². The van der Waals surface area contributed by atoms with E-state index in [1.165, 1.54) is 6.42 Å². The maximum absolute atomic E-state index is 11.8. The van der Waals surface area contributed by atoms with Crippen molar-refractivity contribution < 1.29 is 14.3 Å². The molecule has 2 saturated heterocycles. The minimum Gasteiger partial charge on any atom is -0.491 e. The third-order valence-electron chi connectivity index (χ3n) is 8.28. The summed E-state index contributed by atoms with van der Waals surface area (Å²) in [4.78, 5) is 23.0. The fraction of sp³-hybridized carbons (Fsp3) is 0.536. The fourth-order valence-electron chi connectivity index (χ4n) is 6.26. The summed E-state index contributed by atoms with van der Waals surface area (Å²) in [6, 6.07) is 8.38. The van der Waals surface area contributed by atoms with Gasteiger partial charge in [0.1, 0.15) is 30.1 Å². The predicted molar refractivity (Wildman–Crippen MR) is 142 cm³/mol. The van der Waals surface area contributed by atoms with Gasteiger partial charge in [-0.05, 0) is 75.1 Å². The second-order valence-electron chi connectivity index (χ2n) is 10.8. The number of carbonyl (C=O) groups is 1. The van der Waals surface area contributed by atoms with E-state index < -0.39 is 0 Å². The summed E-state index contributed by atoms with van der Waals surface area (Å²) in [7, 11) is 0. The van der Waals surface area contributed by atoms with E-state index in [9.17, 15) is 4.79 Å². The van der Waals surface area contributed by atoms with Crippen LogP contribution in [-0.4, -0.2) is 63.8 Å². The summed E-state index contributed by atoms with van der Waals surface area (Å²) in [5.41, 5.74) is 14.9. The molecule has 4 heterocycles. The molecule has 1 aromatic carbocycles. The van der Waals surface area contributed by atoms with Gasteiger partial charge >= 0.3 is 0 Å². The monoisotopic (exact) mass is 504 g/mol. The zero-order valence-electron chi connectivity index (χ0n) is 21.2. The van der Waals surface area contributed by atoms with Gasteiger partial charge in [-0.15, -0.1) is 0 Å². The molecule has 0 bridgehead atoms. The van der Waals surface area contributed by atoms with E-state index in [0.29, 0.717) is 24.4 Å². The minimum absolute atomic E-state index is 0.107. The number of benzene rings is 1. The van der Waals surface area contributed by atoms with Gasteiger partial charge in [0.2, 0.25) is 5.91 Å². The van der Waals surface area contributed by atoms with Crippen LogP contribution < -0.4 is 16.2 Å². The van der Waals surface area contributed by atoms with E-state index in [1.54, 1.807) is 6.33 Å². The highest BCUT2D eigenvalue weighted by atomic mass is 16.5. The molecular formula is C28H36N6O3. The molecule has 3 fully saturated rings. The highest BCUT2D eigenvalue weighted by Crippen LogP contribution is 2.44. The molecule has 4 N–H and O–H groups in total. The van der Waals surface area contributed by atoms with Crippen LogP contribution in [0.2, 0.25) is 0 Å². The maximum Gasteiger partial charge on any atom is 0.234 e. The van der Waals surface area contributed by atoms with Crippen LogP contribution in [0.15, 0.2) is 36.8 Å². The smallest absolute Gasteiger partial charge is 0.234 e. The fourth-order valence-corrected chi connectivity index (χ4v) is 6.26. The van der Waals surface area contributed by atoms with Gasteiger partial charge in [0, 0.05) is 31.0 Å². The van der Waals surface area contributed by atoms with Crippen LogP contribution in [0.3, 0.4) is 0 Å². The van der Waals surface area contributed by atoms with E-state index >= 15 is 0 Å². The second-order valence-corrected chi connectivity index (χ2v) is 10.8. The largest absolute Gasteiger partial charge is 0.491 e. The van der Waals surface area contributed by atoms with Crippen molar-refractivity contribution in [3.63, 3.8) is 0 Å². The third kappa shape index (κ3) is 4.90. The molecule has 37 heavy (non-hydrogen) atoms. The first-order valence-corrected chi connectivity index (χ1v) is 13.6. The van der Waals surface area contributed by atoms with Gasteiger partial charge in [-0.1, -0.05) is 12.1 Å². The first-order valence-electron chi connectivity index (χ1n) is 13.6. The summed E-state index contributed by atoms with van der Waals surface area (Å²) in [5.74, 6) is 1.65. The van der Waals surface area contributed by atoms with Crippen LogP contribution in [0.25, 0.3) is 22.2 Å². The summed E-state index contributed by atoms with van der Waals surface area (Å²) >= 11 is 0. The maximum atomic E-state index is 11.8. The minimum atomic E-state index is -0.195. The summed E-state index contributed by atoms with van der Waals surface area (Å²) in [6.07, 6.45) is 11.2. The van der Waals surface area contributed by atoms with Crippen molar-refractivity contribution in [3.05, 3.63) is 36.8 Å². The SMILES string of the molecule is NC(=O)C1CCCN1CC1CC(n2cc(-c3cccc(OCC4CCCCO4)c3)c3c(N)ncnc32)C1. The highest BCUT2D eigenvalue weighted by molar-refractivity contribution is 6.00. The molecule has 2 unspecified atom stereocenters. The van der Waals surface area contributed by atoms with Crippen LogP contribution in [-0.2, 0) is 9.53 Å². The summed E-state index contributed by atoms with van der Waals surface area (Å²) < 4.78 is 14.2. The number of rotatable bonds is 8. The quantitative estimate of drug-likeness (QED) is 0.481. The molecule has 3 aromatic rings. The number of primary amides is 1. The number of ether oxygens (including phenoxy) is 2. The number of nitrogen functional groups attached to an aromatic ring is 1. The average Bonchev–Trinajstić information content (AvgIpc) is 3.51. The number of fused-ring (bicyclic) bond motifs is 1. The first kappa shape index (κ1) is 24.2. The molecule has 1 saturated carbocycles. The number of aromatic nitrogens is 3. The Morgan fingerprint density at radius 3 is 2.86 bits per heavy atom. The van der Waals surface area contributed by atoms with Crippen LogP contribution in [0.5, 0.6) is 5.75 Å². The van der Waals surface area contributed by atoms with Gasteiger partial charge in [0.25, 0.3) is 0 Å². The zero-order valence-corrected chi connectivity index (χ0v) is 21.2. The molecule has 2 aromatic heterocycles. The van der Waals surface area contributed by atoms with Crippen LogP contribution in [0.1, 0.15) is 51.0 Å². The van der Waals surface area contributed by atoms with Gasteiger partial charge in [-0.3, -0.25) is 9.69 Å². The Kier molecular flexibility index (Phi) is 6.73. The predicted octanol–water partition coefficient (Wildman–Crippen LogP) is 3.53. The summed E-state index contributed by atoms with van der Waals surface area (Å²) in [5, 5.41) is 0.882. The molecule has 2 aliphatic heterocycles. The van der Waals surface area contributed by atoms with Gasteiger partial charge in [-0.25, -0.2) is 9.97 Å². The Labute approximate surface area is 217 Å². The van der Waals surface area contributed by atoms with Gasteiger partial charge < -0.3 is 25.5 Å². The van der Waals surface area contributed by atoms with Crippen molar-refractivity contribution in [1.29, 1.82) is 0 Å². The van der Waals surface area contributed by atoms with Gasteiger partial charge in [0.05, 0.1) is 17.5 Å². The highest BCUT2D eigenvalue weighted by Gasteiger charge is 2.37. The molecule has 196 valence electrons. The lowest BCUT2D eigenvalue weighted by molar-refractivity contribution is -0.122. The molecule has 0 spiro atoms. The van der Waals surface area contributed by atoms with Gasteiger partial charge in [0.15, 0.2) is 0 Å². The number of amides is 1. The number of carbonyl (C=O) groups excluding carboxylic acids is 1. The van der Waals surface area contributed by atoms with E-state index in [1.807, 2.05) is 12.1 Å². The van der Waals surface area contributed by atoms with E-state index in [2.05, 4.69) is 37.8 Å². The summed E-state index contributed by atoms with van der Waals surface area (Å²) in [6.45, 7) is 3.27. The van der Waals surface area contributed by atoms with Crippen LogP contribution >= 0.6 is 0 Å². The number of hydrogen-bond donors (Lipinski definition) is 2. The molecular weight excluding hydrogens is 468 g/mol. The average molecular weight is 505 g/mol. The molecule has 0 radical (unpaired) electrons. The lowest BCUT2D eigenvalue weighted by Gasteiger charge is -2.39. The Hall–Kier alpha value is -3.17. The molecule has 3 aliphatic rings. The Bertz CT molecular complexity index is 1260. The molecule has 9 heteroatoms. The molecule has 1 amide bonds. The van der Waals surface area contributed by atoms with Crippen molar-refractivity contribution in [2.45, 2.75) is 63.1 Å². The van der Waals surface area contributed by atoms with E-state index in [-0.39, 0.29) is 18.1 Å². The van der Waals surface area contributed by atoms with E-state index in [0.717, 1.165) is 86.1 Å². The molecule has 1 aliphatic carbocycles. The van der Waals surface area contributed by atoms with Crippen molar-refractivity contribution in [2.24, 2.45) is 11.7 Å². The van der Waals surface area contributed by atoms with Crippen molar-refractivity contribution in [2.75, 3.05) is 32.0 Å². The number of nitrogens with zero attached hydrogens (tertiary/aromatic N) is 4. The number of hydrogen-bond acceptors (Lipinski definition) is 7. The van der Waals surface area contributed by atoms with Gasteiger partial charge in [-0.2, -0.15) is 0 Å². The molecule has 6 rings (SSSR count). The standard InChI is InChI=1S/C28H36N6O3/c29-26-25-23(19-5-3-7-21(13-19)37-16-22-6-1-2-10-36-22)15-34(28(25)32-17-31-26)20-11-18(12-20)14-33-9-4-8-24(33)27(30)35/h3,5,7,13,15,17-18,20,22,24H,1-2,4,6,8-12,14,16H2,(H2,30,35)(H2,29,31,32). The normalized spacial score (nSPS) is 26.3. The third-order valence-corrected chi connectivity index (χ3v) is 8.28. The number of likely N-dealkylation sites (tertiary alicyclic amines) is 1. The number of anilines is 1. The number of nitrogens with two attached hydrogens (primary N) is 2. The Morgan fingerprint density at radius 1 is 1.16 bits per heavy atom. The van der Waals surface area contributed by atoms with Crippen LogP contribution in [0, 0.1) is 5.92 Å². The Balaban J connectivity index is 1.20. The lowest BCUT2D eigenvalue weighted by Crippen LogP contribution is -2.44. The van der Waals surface area contributed by atoms with Crippen molar-refractivity contribution >= 4 is 22.8 Å². The second kappa shape index (κ2) is 10.3.